The van der Waals surface area contributed by atoms with Gasteiger partial charge < -0.3 is 9.97 Å². The number of benzene rings is 2. The van der Waals surface area contributed by atoms with E-state index in [1.165, 1.54) is 44.3 Å². The van der Waals surface area contributed by atoms with E-state index < -0.39 is 0 Å². The van der Waals surface area contributed by atoms with Crippen molar-refractivity contribution in [2.24, 2.45) is 0 Å². The molecule has 0 bridgehead atoms. The molecule has 5 rings (SSSR count). The average molecular weight is 258 g/mol. The van der Waals surface area contributed by atoms with Gasteiger partial charge in [-0.25, -0.2) is 0 Å². The van der Waals surface area contributed by atoms with Gasteiger partial charge in [0.2, 0.25) is 0 Å². The first kappa shape index (κ1) is 10.3. The molecule has 4 aromatic rings. The smallest absolute Gasteiger partial charge is 0.0459 e. The van der Waals surface area contributed by atoms with Gasteiger partial charge in [0, 0.05) is 46.0 Å². The standard InChI is InChI=1S/C18H14N2/c1-3-7-15-11(5-1)13-9-18-14(10-17(13)19-15)12-6-2-4-8-16(12)20-18/h1-8,19-20H,9-10H2. The van der Waals surface area contributed by atoms with Crippen molar-refractivity contribution in [2.45, 2.75) is 12.8 Å². The average Bonchev–Trinajstić information content (AvgIpc) is 3.02. The molecule has 2 heterocycles. The molecule has 0 fully saturated rings. The lowest BCUT2D eigenvalue weighted by atomic mass is 9.92. The molecule has 2 N–H and O–H groups in total. The Morgan fingerprint density at radius 1 is 0.600 bits per heavy atom. The minimum absolute atomic E-state index is 1.00. The fourth-order valence-electron chi connectivity index (χ4n) is 3.57. The molecule has 0 saturated carbocycles. The summed E-state index contributed by atoms with van der Waals surface area (Å²) in [7, 11) is 0. The van der Waals surface area contributed by atoms with E-state index >= 15 is 0 Å². The van der Waals surface area contributed by atoms with Crippen LogP contribution < -0.4 is 0 Å². The molecule has 0 saturated heterocycles. The molecule has 0 radical (unpaired) electrons. The van der Waals surface area contributed by atoms with Crippen molar-refractivity contribution in [3.8, 4) is 0 Å². The Morgan fingerprint density at radius 3 is 1.55 bits per heavy atom. The van der Waals surface area contributed by atoms with Gasteiger partial charge in [-0.05, 0) is 23.3 Å². The number of aromatic nitrogens is 2. The van der Waals surface area contributed by atoms with Crippen LogP contribution in [0.15, 0.2) is 48.5 Å². The summed E-state index contributed by atoms with van der Waals surface area (Å²) in [4.78, 5) is 7.20. The lowest BCUT2D eigenvalue weighted by Gasteiger charge is -2.13. The Kier molecular flexibility index (Phi) is 1.83. The Hall–Kier alpha value is -2.48. The molecule has 1 aliphatic rings. The first-order valence-electron chi connectivity index (χ1n) is 7.07. The topological polar surface area (TPSA) is 31.6 Å². The van der Waals surface area contributed by atoms with Crippen LogP contribution in [0.1, 0.15) is 22.5 Å². The molecule has 0 unspecified atom stereocenters. The second-order valence-electron chi connectivity index (χ2n) is 5.61. The summed E-state index contributed by atoms with van der Waals surface area (Å²) in [5, 5.41) is 2.73. The van der Waals surface area contributed by atoms with Crippen molar-refractivity contribution in [1.29, 1.82) is 0 Å². The number of hydrogen-bond acceptors (Lipinski definition) is 0. The molecular weight excluding hydrogens is 244 g/mol. The van der Waals surface area contributed by atoms with E-state index in [0.717, 1.165) is 12.8 Å². The minimum Gasteiger partial charge on any atom is -0.358 e. The van der Waals surface area contributed by atoms with Gasteiger partial charge in [-0.2, -0.15) is 0 Å². The number of aromatic amines is 2. The molecular formula is C18H14N2. The van der Waals surface area contributed by atoms with Gasteiger partial charge in [-0.15, -0.1) is 0 Å². The summed E-state index contributed by atoms with van der Waals surface area (Å²) in [6, 6.07) is 17.2. The van der Waals surface area contributed by atoms with Crippen LogP contribution in [0.25, 0.3) is 21.8 Å². The number of nitrogens with one attached hydrogen (secondary N) is 2. The van der Waals surface area contributed by atoms with Gasteiger partial charge >= 0.3 is 0 Å². The SMILES string of the molecule is c1ccc2c3c([nH]c2c1)Cc1c([nH]c2ccccc12)C3. The monoisotopic (exact) mass is 258 g/mol. The summed E-state index contributed by atoms with van der Waals surface area (Å²) in [6.45, 7) is 0. The van der Waals surface area contributed by atoms with Crippen molar-refractivity contribution in [3.05, 3.63) is 71.0 Å². The molecule has 20 heavy (non-hydrogen) atoms. The maximum atomic E-state index is 3.60. The number of fused-ring (bicyclic) bond motifs is 6. The van der Waals surface area contributed by atoms with E-state index in [1.54, 1.807) is 0 Å². The van der Waals surface area contributed by atoms with Gasteiger partial charge in [0.15, 0.2) is 0 Å². The summed E-state index contributed by atoms with van der Waals surface area (Å²) in [5.41, 5.74) is 8.19. The number of hydrogen-bond donors (Lipinski definition) is 2. The Balaban J connectivity index is 1.79. The maximum Gasteiger partial charge on any atom is 0.0459 e. The van der Waals surface area contributed by atoms with Gasteiger partial charge in [-0.1, -0.05) is 36.4 Å². The normalized spacial score (nSPS) is 13.6. The third-order valence-corrected chi connectivity index (χ3v) is 4.51. The van der Waals surface area contributed by atoms with Crippen LogP contribution >= 0.6 is 0 Å². The van der Waals surface area contributed by atoms with E-state index in [9.17, 15) is 0 Å². The molecule has 0 amide bonds. The summed E-state index contributed by atoms with van der Waals surface area (Å²) in [6.07, 6.45) is 2.01. The molecule has 2 aromatic heterocycles. The molecule has 2 aromatic carbocycles. The third kappa shape index (κ3) is 1.23. The summed E-state index contributed by atoms with van der Waals surface area (Å²) in [5.74, 6) is 0. The fourth-order valence-corrected chi connectivity index (χ4v) is 3.57. The molecule has 0 atom stereocenters. The predicted molar refractivity (Wildman–Crippen MR) is 82.2 cm³/mol. The quantitative estimate of drug-likeness (QED) is 0.418. The van der Waals surface area contributed by atoms with E-state index in [2.05, 4.69) is 58.5 Å². The zero-order valence-corrected chi connectivity index (χ0v) is 11.0. The van der Waals surface area contributed by atoms with E-state index in [0.29, 0.717) is 0 Å². The first-order chi connectivity index (χ1) is 9.90. The van der Waals surface area contributed by atoms with Crippen molar-refractivity contribution in [3.63, 3.8) is 0 Å². The molecule has 2 nitrogen and oxygen atoms in total. The Bertz CT molecular complexity index is 876. The predicted octanol–water partition coefficient (Wildman–Crippen LogP) is 4.14. The Labute approximate surface area is 116 Å². The molecule has 2 heteroatoms. The van der Waals surface area contributed by atoms with Gasteiger partial charge in [0.25, 0.3) is 0 Å². The zero-order valence-electron chi connectivity index (χ0n) is 11.0. The second kappa shape index (κ2) is 3.54. The highest BCUT2D eigenvalue weighted by atomic mass is 14.8. The third-order valence-electron chi connectivity index (χ3n) is 4.51. The van der Waals surface area contributed by atoms with Crippen LogP contribution in [0.4, 0.5) is 0 Å². The molecule has 0 spiro atoms. The van der Waals surface area contributed by atoms with Crippen LogP contribution in [0.5, 0.6) is 0 Å². The molecule has 96 valence electrons. The van der Waals surface area contributed by atoms with Crippen LogP contribution in [-0.4, -0.2) is 9.97 Å². The molecule has 0 aliphatic heterocycles. The summed E-state index contributed by atoms with van der Waals surface area (Å²) >= 11 is 0. The number of rotatable bonds is 0. The number of para-hydroxylation sites is 2. The maximum absolute atomic E-state index is 3.60. The Morgan fingerprint density at radius 2 is 1.05 bits per heavy atom. The van der Waals surface area contributed by atoms with Crippen molar-refractivity contribution in [1.82, 2.24) is 9.97 Å². The summed E-state index contributed by atoms with van der Waals surface area (Å²) < 4.78 is 0. The van der Waals surface area contributed by atoms with Crippen molar-refractivity contribution >= 4 is 21.8 Å². The first-order valence-corrected chi connectivity index (χ1v) is 7.07. The van der Waals surface area contributed by atoms with Gasteiger partial charge in [0.1, 0.15) is 0 Å². The van der Waals surface area contributed by atoms with Gasteiger partial charge in [-0.3, -0.25) is 0 Å². The fraction of sp³-hybridized carbons (Fsp3) is 0.111. The molecule has 1 aliphatic carbocycles. The zero-order chi connectivity index (χ0) is 13.1. The van der Waals surface area contributed by atoms with Crippen molar-refractivity contribution < 1.29 is 0 Å². The van der Waals surface area contributed by atoms with Crippen LogP contribution in [0, 0.1) is 0 Å². The minimum atomic E-state index is 1.00. The lowest BCUT2D eigenvalue weighted by molar-refractivity contribution is 0.965. The largest absolute Gasteiger partial charge is 0.358 e. The van der Waals surface area contributed by atoms with Crippen molar-refractivity contribution in [2.75, 3.05) is 0 Å². The van der Waals surface area contributed by atoms with Crippen LogP contribution in [0.2, 0.25) is 0 Å². The van der Waals surface area contributed by atoms with E-state index in [-0.39, 0.29) is 0 Å². The second-order valence-corrected chi connectivity index (χ2v) is 5.61. The highest BCUT2D eigenvalue weighted by molar-refractivity contribution is 5.89. The van der Waals surface area contributed by atoms with Crippen LogP contribution in [0.3, 0.4) is 0 Å². The lowest BCUT2D eigenvalue weighted by Crippen LogP contribution is -2.04. The van der Waals surface area contributed by atoms with Crippen LogP contribution in [-0.2, 0) is 12.8 Å². The number of H-pyrrole nitrogens is 2. The highest BCUT2D eigenvalue weighted by Gasteiger charge is 2.22. The van der Waals surface area contributed by atoms with Gasteiger partial charge in [0.05, 0.1) is 0 Å². The highest BCUT2D eigenvalue weighted by Crippen LogP contribution is 2.35. The van der Waals surface area contributed by atoms with E-state index in [4.69, 9.17) is 0 Å². The van der Waals surface area contributed by atoms with E-state index in [1.807, 2.05) is 0 Å².